The molecule has 0 heterocycles. The van der Waals surface area contributed by atoms with E-state index >= 15 is 0 Å². The van der Waals surface area contributed by atoms with Crippen molar-refractivity contribution in [3.8, 4) is 6.07 Å². The summed E-state index contributed by atoms with van der Waals surface area (Å²) in [5.74, 6) is -1.29. The zero-order chi connectivity index (χ0) is 18.5. The zero-order valence-electron chi connectivity index (χ0n) is 14.2. The largest absolute Gasteiger partial charge is 0.326 e. The van der Waals surface area contributed by atoms with Gasteiger partial charge in [0.15, 0.2) is 0 Å². The minimum absolute atomic E-state index is 0.139. The van der Waals surface area contributed by atoms with E-state index in [0.717, 1.165) is 18.9 Å². The maximum atomic E-state index is 13.9. The highest BCUT2D eigenvalue weighted by molar-refractivity contribution is 5.90. The van der Waals surface area contributed by atoms with Crippen molar-refractivity contribution < 1.29 is 13.6 Å². The maximum absolute atomic E-state index is 13.9. The van der Waals surface area contributed by atoms with Gasteiger partial charge in [0, 0.05) is 42.9 Å². The van der Waals surface area contributed by atoms with Crippen LogP contribution in [0.3, 0.4) is 0 Å². The van der Waals surface area contributed by atoms with Crippen molar-refractivity contribution >= 4 is 11.6 Å². The number of carbonyl (C=O) groups is 1. The monoisotopic (exact) mass is 355 g/mol. The molecule has 1 aliphatic carbocycles. The van der Waals surface area contributed by atoms with Crippen LogP contribution in [0.5, 0.6) is 0 Å². The van der Waals surface area contributed by atoms with Crippen LogP contribution in [-0.2, 0) is 11.3 Å². The lowest BCUT2D eigenvalue weighted by atomic mass is 10.2. The normalized spacial score (nSPS) is 13.5. The quantitative estimate of drug-likeness (QED) is 0.821. The van der Waals surface area contributed by atoms with Crippen molar-refractivity contribution in [2.45, 2.75) is 31.8 Å². The first-order chi connectivity index (χ1) is 12.5. The minimum atomic E-state index is -0.592. The van der Waals surface area contributed by atoms with Crippen LogP contribution in [0.2, 0.25) is 0 Å². The molecule has 0 bridgehead atoms. The molecule has 4 nitrogen and oxygen atoms in total. The van der Waals surface area contributed by atoms with Gasteiger partial charge in [0.1, 0.15) is 11.6 Å². The molecule has 0 atom stereocenters. The molecule has 1 N–H and O–H groups in total. The van der Waals surface area contributed by atoms with Crippen molar-refractivity contribution in [1.29, 1.82) is 5.26 Å². The predicted molar refractivity (Wildman–Crippen MR) is 94.2 cm³/mol. The summed E-state index contributed by atoms with van der Waals surface area (Å²) in [6.45, 7) is 0.866. The van der Waals surface area contributed by atoms with Crippen molar-refractivity contribution in [2.24, 2.45) is 0 Å². The Bertz CT molecular complexity index is 826. The molecule has 3 rings (SSSR count). The fourth-order valence-corrected chi connectivity index (χ4v) is 2.80. The van der Waals surface area contributed by atoms with Crippen LogP contribution < -0.4 is 5.32 Å². The molecule has 6 heteroatoms. The maximum Gasteiger partial charge on any atom is 0.225 e. The van der Waals surface area contributed by atoms with Crippen molar-refractivity contribution in [3.05, 3.63) is 65.2 Å². The third-order valence-corrected chi connectivity index (χ3v) is 4.38. The molecule has 0 unspecified atom stereocenters. The highest BCUT2D eigenvalue weighted by Gasteiger charge is 2.29. The number of nitrogens with zero attached hydrogens (tertiary/aromatic N) is 2. The van der Waals surface area contributed by atoms with E-state index in [1.54, 1.807) is 24.3 Å². The number of hydrogen-bond donors (Lipinski definition) is 1. The van der Waals surface area contributed by atoms with Crippen molar-refractivity contribution in [1.82, 2.24) is 4.90 Å². The van der Waals surface area contributed by atoms with Crippen LogP contribution >= 0.6 is 0 Å². The molecule has 1 amide bonds. The van der Waals surface area contributed by atoms with Crippen molar-refractivity contribution in [2.75, 3.05) is 11.9 Å². The zero-order valence-corrected chi connectivity index (χ0v) is 14.2. The summed E-state index contributed by atoms with van der Waals surface area (Å²) < 4.78 is 26.9. The summed E-state index contributed by atoms with van der Waals surface area (Å²) in [5.41, 5.74) is 1.60. The third-order valence-electron chi connectivity index (χ3n) is 4.38. The summed E-state index contributed by atoms with van der Waals surface area (Å²) in [5, 5.41) is 11.6. The molecule has 0 aromatic heterocycles. The summed E-state index contributed by atoms with van der Waals surface area (Å²) in [4.78, 5) is 14.2. The summed E-state index contributed by atoms with van der Waals surface area (Å²) in [7, 11) is 0. The van der Waals surface area contributed by atoms with Gasteiger partial charge in [0.05, 0.1) is 11.6 Å². The van der Waals surface area contributed by atoms with E-state index in [1.807, 2.05) is 6.07 Å². The molecular weight excluding hydrogens is 336 g/mol. The number of nitriles is 1. The van der Waals surface area contributed by atoms with E-state index in [2.05, 4.69) is 10.2 Å². The molecule has 1 fully saturated rings. The van der Waals surface area contributed by atoms with Crippen LogP contribution in [0.25, 0.3) is 0 Å². The SMILES string of the molecule is N#Cc1ccc(NC(=O)CCN(Cc2ccc(F)cc2F)C2CC2)cc1. The molecular formula is C20H19F2N3O. The lowest BCUT2D eigenvalue weighted by Crippen LogP contribution is -2.30. The van der Waals surface area contributed by atoms with E-state index in [4.69, 9.17) is 5.26 Å². The summed E-state index contributed by atoms with van der Waals surface area (Å²) in [6, 6.07) is 12.6. The Hall–Kier alpha value is -2.78. The third kappa shape index (κ3) is 4.87. The number of amides is 1. The molecule has 0 aliphatic heterocycles. The van der Waals surface area contributed by atoms with E-state index in [0.29, 0.717) is 35.9 Å². The summed E-state index contributed by atoms with van der Waals surface area (Å²) in [6.07, 6.45) is 2.33. The fourth-order valence-electron chi connectivity index (χ4n) is 2.80. The van der Waals surface area contributed by atoms with E-state index in [9.17, 15) is 13.6 Å². The Morgan fingerprint density at radius 1 is 1.19 bits per heavy atom. The predicted octanol–water partition coefficient (Wildman–Crippen LogP) is 3.83. The standard InChI is InChI=1S/C20H19F2N3O/c21-16-4-3-15(19(22)11-16)13-25(18-7-8-18)10-9-20(26)24-17-5-1-14(12-23)2-6-17/h1-6,11,18H,7-10,13H2,(H,24,26). The van der Waals surface area contributed by atoms with Gasteiger partial charge in [-0.3, -0.25) is 9.69 Å². The Kier molecular flexibility index (Phi) is 5.59. The number of rotatable bonds is 7. The highest BCUT2D eigenvalue weighted by atomic mass is 19.1. The van der Waals surface area contributed by atoms with Gasteiger partial charge >= 0.3 is 0 Å². The second kappa shape index (κ2) is 8.07. The lowest BCUT2D eigenvalue weighted by molar-refractivity contribution is -0.116. The Balaban J connectivity index is 1.55. The molecule has 2 aromatic rings. The molecule has 1 saturated carbocycles. The number of nitrogens with one attached hydrogen (secondary N) is 1. The van der Waals surface area contributed by atoms with Crippen LogP contribution in [0.15, 0.2) is 42.5 Å². The number of carbonyl (C=O) groups excluding carboxylic acids is 1. The molecule has 1 aliphatic rings. The molecule has 26 heavy (non-hydrogen) atoms. The van der Waals surface area contributed by atoms with Gasteiger partial charge in [-0.05, 0) is 43.2 Å². The molecule has 2 aromatic carbocycles. The van der Waals surface area contributed by atoms with Crippen molar-refractivity contribution in [3.63, 3.8) is 0 Å². The Morgan fingerprint density at radius 3 is 2.54 bits per heavy atom. The average molecular weight is 355 g/mol. The summed E-state index contributed by atoms with van der Waals surface area (Å²) >= 11 is 0. The van der Waals surface area contributed by atoms with Gasteiger partial charge in [-0.2, -0.15) is 5.26 Å². The number of hydrogen-bond acceptors (Lipinski definition) is 3. The number of halogens is 2. The van der Waals surface area contributed by atoms with Gasteiger partial charge < -0.3 is 5.32 Å². The van der Waals surface area contributed by atoms with Gasteiger partial charge in [0.2, 0.25) is 5.91 Å². The van der Waals surface area contributed by atoms with E-state index in [1.165, 1.54) is 12.1 Å². The Labute approximate surface area is 151 Å². The minimum Gasteiger partial charge on any atom is -0.326 e. The lowest BCUT2D eigenvalue weighted by Gasteiger charge is -2.22. The average Bonchev–Trinajstić information content (AvgIpc) is 3.46. The first kappa shape index (κ1) is 18.0. The topological polar surface area (TPSA) is 56.1 Å². The van der Waals surface area contributed by atoms with E-state index < -0.39 is 11.6 Å². The van der Waals surface area contributed by atoms with Gasteiger partial charge in [-0.25, -0.2) is 8.78 Å². The Morgan fingerprint density at radius 2 is 1.92 bits per heavy atom. The molecule has 134 valence electrons. The van der Waals surface area contributed by atoms with Crippen LogP contribution in [0, 0.1) is 23.0 Å². The second-order valence-electron chi connectivity index (χ2n) is 6.42. The number of anilines is 1. The fraction of sp³-hybridized carbons (Fsp3) is 0.300. The molecule has 0 radical (unpaired) electrons. The highest BCUT2D eigenvalue weighted by Crippen LogP contribution is 2.29. The van der Waals surface area contributed by atoms with Gasteiger partial charge in [0.25, 0.3) is 0 Å². The first-order valence-electron chi connectivity index (χ1n) is 8.53. The number of benzene rings is 2. The van der Waals surface area contributed by atoms with Crippen LogP contribution in [-0.4, -0.2) is 23.4 Å². The van der Waals surface area contributed by atoms with Crippen LogP contribution in [0.4, 0.5) is 14.5 Å². The molecule has 0 spiro atoms. The van der Waals surface area contributed by atoms with Gasteiger partial charge in [-0.1, -0.05) is 6.07 Å². The van der Waals surface area contributed by atoms with E-state index in [-0.39, 0.29) is 12.3 Å². The van der Waals surface area contributed by atoms with Crippen LogP contribution in [0.1, 0.15) is 30.4 Å². The second-order valence-corrected chi connectivity index (χ2v) is 6.42. The molecule has 0 saturated heterocycles. The first-order valence-corrected chi connectivity index (χ1v) is 8.53. The van der Waals surface area contributed by atoms with Gasteiger partial charge in [-0.15, -0.1) is 0 Å². The smallest absolute Gasteiger partial charge is 0.225 e.